The summed E-state index contributed by atoms with van der Waals surface area (Å²) in [5.41, 5.74) is 1.71. The molecule has 162 valence electrons. The number of nitrogens with zero attached hydrogens (tertiary/aromatic N) is 1. The van der Waals surface area contributed by atoms with Crippen LogP contribution in [0.2, 0.25) is 10.0 Å². The van der Waals surface area contributed by atoms with Gasteiger partial charge in [-0.3, -0.25) is 9.59 Å². The molecule has 4 nitrogen and oxygen atoms in total. The lowest BCUT2D eigenvalue weighted by Gasteiger charge is -2.31. The highest BCUT2D eigenvalue weighted by Gasteiger charge is 2.28. The smallest absolute Gasteiger partial charge is 0.242 e. The molecule has 1 N–H and O–H groups in total. The summed E-state index contributed by atoms with van der Waals surface area (Å²) >= 11 is 12.6. The average Bonchev–Trinajstić information content (AvgIpc) is 2.74. The Hall–Kier alpha value is -2.04. The van der Waals surface area contributed by atoms with Gasteiger partial charge in [0.05, 0.1) is 6.42 Å². The molecule has 2 aromatic rings. The van der Waals surface area contributed by atoms with Crippen molar-refractivity contribution in [2.45, 2.75) is 52.0 Å². The lowest BCUT2D eigenvalue weighted by molar-refractivity contribution is -0.140. The molecule has 2 rings (SSSR count). The first-order valence-electron chi connectivity index (χ1n) is 10.5. The summed E-state index contributed by atoms with van der Waals surface area (Å²) < 4.78 is 0. The lowest BCUT2D eigenvalue weighted by Crippen LogP contribution is -2.50. The van der Waals surface area contributed by atoms with Gasteiger partial charge < -0.3 is 10.2 Å². The highest BCUT2D eigenvalue weighted by atomic mass is 35.5. The molecule has 0 radical (unpaired) electrons. The van der Waals surface area contributed by atoms with Crippen molar-refractivity contribution in [1.82, 2.24) is 10.2 Å². The van der Waals surface area contributed by atoms with Crippen LogP contribution in [-0.4, -0.2) is 35.8 Å². The standard InChI is InChI=1S/C24H30Cl2N2O2/c1-3-5-15-27-24(30)22(4-2)28(16-14-18-10-7-6-8-11-18)23(29)17-19-20(25)12-9-13-21(19)26/h6-13,22H,3-5,14-17H2,1-2H3,(H,27,30). The van der Waals surface area contributed by atoms with Gasteiger partial charge in [-0.05, 0) is 42.5 Å². The molecular weight excluding hydrogens is 419 g/mol. The second-order valence-corrected chi connectivity index (χ2v) is 8.08. The molecule has 0 aliphatic carbocycles. The molecule has 0 heterocycles. The number of hydrogen-bond donors (Lipinski definition) is 1. The first kappa shape index (κ1) is 24.2. The van der Waals surface area contributed by atoms with Crippen LogP contribution in [0.25, 0.3) is 0 Å². The third-order valence-corrected chi connectivity index (χ3v) is 5.80. The third-order valence-electron chi connectivity index (χ3n) is 5.09. The topological polar surface area (TPSA) is 49.4 Å². The van der Waals surface area contributed by atoms with Gasteiger partial charge in [-0.15, -0.1) is 0 Å². The fraction of sp³-hybridized carbons (Fsp3) is 0.417. The lowest BCUT2D eigenvalue weighted by atomic mass is 10.1. The Morgan fingerprint density at radius 2 is 1.67 bits per heavy atom. The zero-order chi connectivity index (χ0) is 21.9. The first-order chi connectivity index (χ1) is 14.5. The number of nitrogens with one attached hydrogen (secondary N) is 1. The predicted molar refractivity (Wildman–Crippen MR) is 124 cm³/mol. The van der Waals surface area contributed by atoms with Gasteiger partial charge in [0.1, 0.15) is 6.04 Å². The Morgan fingerprint density at radius 3 is 2.27 bits per heavy atom. The molecule has 0 fully saturated rings. The van der Waals surface area contributed by atoms with Gasteiger partial charge in [0.2, 0.25) is 11.8 Å². The van der Waals surface area contributed by atoms with Gasteiger partial charge in [-0.1, -0.05) is 79.9 Å². The molecule has 0 bridgehead atoms. The number of carbonyl (C=O) groups is 2. The molecule has 0 saturated heterocycles. The van der Waals surface area contributed by atoms with Crippen molar-refractivity contribution < 1.29 is 9.59 Å². The second kappa shape index (κ2) is 12.6. The fourth-order valence-electron chi connectivity index (χ4n) is 3.36. The Bertz CT molecular complexity index is 807. The highest BCUT2D eigenvalue weighted by molar-refractivity contribution is 6.36. The monoisotopic (exact) mass is 448 g/mol. The summed E-state index contributed by atoms with van der Waals surface area (Å²) in [6, 6.07) is 14.6. The van der Waals surface area contributed by atoms with Crippen LogP contribution in [0.5, 0.6) is 0 Å². The van der Waals surface area contributed by atoms with E-state index < -0.39 is 6.04 Å². The number of benzene rings is 2. The predicted octanol–water partition coefficient (Wildman–Crippen LogP) is 5.30. The molecular formula is C24H30Cl2N2O2. The minimum Gasteiger partial charge on any atom is -0.354 e. The Labute approximate surface area is 189 Å². The molecule has 30 heavy (non-hydrogen) atoms. The number of unbranched alkanes of at least 4 members (excludes halogenated alkanes) is 1. The van der Waals surface area contributed by atoms with Crippen molar-refractivity contribution in [1.29, 1.82) is 0 Å². The van der Waals surface area contributed by atoms with Crippen LogP contribution < -0.4 is 5.32 Å². The van der Waals surface area contributed by atoms with Crippen LogP contribution in [0.1, 0.15) is 44.2 Å². The number of hydrogen-bond acceptors (Lipinski definition) is 2. The molecule has 0 spiro atoms. The molecule has 0 aromatic heterocycles. The number of halogens is 2. The molecule has 1 atom stereocenters. The average molecular weight is 449 g/mol. The van der Waals surface area contributed by atoms with E-state index in [1.807, 2.05) is 37.3 Å². The molecule has 2 amide bonds. The van der Waals surface area contributed by atoms with E-state index in [2.05, 4.69) is 12.2 Å². The summed E-state index contributed by atoms with van der Waals surface area (Å²) in [4.78, 5) is 27.8. The van der Waals surface area contributed by atoms with Crippen LogP contribution in [0, 0.1) is 0 Å². The van der Waals surface area contributed by atoms with Crippen LogP contribution in [0.15, 0.2) is 48.5 Å². The van der Waals surface area contributed by atoms with Crippen LogP contribution >= 0.6 is 23.2 Å². The molecule has 0 saturated carbocycles. The van der Waals surface area contributed by atoms with Crippen LogP contribution in [0.3, 0.4) is 0 Å². The normalized spacial score (nSPS) is 11.7. The van der Waals surface area contributed by atoms with Crippen LogP contribution in [-0.2, 0) is 22.4 Å². The molecule has 0 aliphatic rings. The third kappa shape index (κ3) is 7.03. The van der Waals surface area contributed by atoms with Gasteiger partial charge in [-0.2, -0.15) is 0 Å². The van der Waals surface area contributed by atoms with E-state index >= 15 is 0 Å². The van der Waals surface area contributed by atoms with Gasteiger partial charge in [0, 0.05) is 23.1 Å². The number of rotatable bonds is 11. The maximum atomic E-state index is 13.3. The number of carbonyl (C=O) groups excluding carboxylic acids is 2. The van der Waals surface area contributed by atoms with E-state index in [0.29, 0.717) is 41.5 Å². The molecule has 2 aromatic carbocycles. The summed E-state index contributed by atoms with van der Waals surface area (Å²) in [5.74, 6) is -0.268. The van der Waals surface area contributed by atoms with E-state index in [4.69, 9.17) is 23.2 Å². The highest BCUT2D eigenvalue weighted by Crippen LogP contribution is 2.25. The van der Waals surface area contributed by atoms with Gasteiger partial charge in [-0.25, -0.2) is 0 Å². The zero-order valence-corrected chi connectivity index (χ0v) is 19.2. The quantitative estimate of drug-likeness (QED) is 0.473. The summed E-state index contributed by atoms with van der Waals surface area (Å²) in [6.45, 7) is 5.06. The van der Waals surface area contributed by atoms with Crippen molar-refractivity contribution >= 4 is 35.0 Å². The van der Waals surface area contributed by atoms with E-state index in [-0.39, 0.29) is 18.2 Å². The maximum Gasteiger partial charge on any atom is 0.242 e. The van der Waals surface area contributed by atoms with Crippen molar-refractivity contribution in [3.05, 3.63) is 69.7 Å². The van der Waals surface area contributed by atoms with E-state index in [1.54, 1.807) is 23.1 Å². The fourth-order valence-corrected chi connectivity index (χ4v) is 3.89. The maximum absolute atomic E-state index is 13.3. The van der Waals surface area contributed by atoms with Crippen LogP contribution in [0.4, 0.5) is 0 Å². The Balaban J connectivity index is 2.21. The van der Waals surface area contributed by atoms with Gasteiger partial charge in [0.15, 0.2) is 0 Å². The second-order valence-electron chi connectivity index (χ2n) is 7.27. The minimum absolute atomic E-state index is 0.0615. The minimum atomic E-state index is -0.528. The summed E-state index contributed by atoms with van der Waals surface area (Å²) in [6.07, 6.45) is 3.18. The Kier molecular flexibility index (Phi) is 10.2. The molecule has 1 unspecified atom stereocenters. The van der Waals surface area contributed by atoms with Crippen molar-refractivity contribution in [2.75, 3.05) is 13.1 Å². The van der Waals surface area contributed by atoms with E-state index in [9.17, 15) is 9.59 Å². The zero-order valence-electron chi connectivity index (χ0n) is 17.7. The van der Waals surface area contributed by atoms with Gasteiger partial charge in [0.25, 0.3) is 0 Å². The summed E-state index contributed by atoms with van der Waals surface area (Å²) in [5, 5.41) is 3.89. The van der Waals surface area contributed by atoms with Crippen molar-refractivity contribution in [3.8, 4) is 0 Å². The number of amides is 2. The van der Waals surface area contributed by atoms with Crippen molar-refractivity contribution in [3.63, 3.8) is 0 Å². The summed E-state index contributed by atoms with van der Waals surface area (Å²) in [7, 11) is 0. The van der Waals surface area contributed by atoms with E-state index in [1.165, 1.54) is 0 Å². The molecule has 6 heteroatoms. The van der Waals surface area contributed by atoms with Crippen molar-refractivity contribution in [2.24, 2.45) is 0 Å². The largest absolute Gasteiger partial charge is 0.354 e. The van der Waals surface area contributed by atoms with Gasteiger partial charge >= 0.3 is 0 Å². The molecule has 0 aliphatic heterocycles. The first-order valence-corrected chi connectivity index (χ1v) is 11.3. The van der Waals surface area contributed by atoms with E-state index in [0.717, 1.165) is 18.4 Å². The Morgan fingerprint density at radius 1 is 1.00 bits per heavy atom. The SMILES string of the molecule is CCCCNC(=O)C(CC)N(CCc1ccccc1)C(=O)Cc1c(Cl)cccc1Cl.